The maximum absolute atomic E-state index is 6.33. The zero-order valence-corrected chi connectivity index (χ0v) is 13.9. The molecule has 0 amide bonds. The Balaban J connectivity index is 1.83. The Kier molecular flexibility index (Phi) is 4.55. The van der Waals surface area contributed by atoms with E-state index in [2.05, 4.69) is 9.55 Å². The highest BCUT2D eigenvalue weighted by atomic mass is 35.5. The number of rotatable bonds is 4. The van der Waals surface area contributed by atoms with Crippen molar-refractivity contribution >= 4 is 46.7 Å². The zero-order valence-electron chi connectivity index (χ0n) is 10.8. The molecule has 0 radical (unpaired) electrons. The fourth-order valence-electron chi connectivity index (χ4n) is 2.36. The van der Waals surface area contributed by atoms with Crippen molar-refractivity contribution in [2.24, 2.45) is 0 Å². The van der Waals surface area contributed by atoms with Crippen molar-refractivity contribution in [2.45, 2.75) is 17.0 Å². The highest BCUT2D eigenvalue weighted by Crippen LogP contribution is 2.48. The van der Waals surface area contributed by atoms with Gasteiger partial charge < -0.3 is 4.57 Å². The predicted molar refractivity (Wildman–Crippen MR) is 90.0 cm³/mol. The van der Waals surface area contributed by atoms with E-state index >= 15 is 0 Å². The number of nitrogens with zero attached hydrogens (tertiary/aromatic N) is 2. The second kappa shape index (κ2) is 6.22. The molecular weight excluding hydrogens is 331 g/mol. The van der Waals surface area contributed by atoms with Gasteiger partial charge in [0.05, 0.1) is 10.4 Å². The van der Waals surface area contributed by atoms with Gasteiger partial charge in [-0.3, -0.25) is 0 Å². The molecule has 1 aromatic carbocycles. The van der Waals surface area contributed by atoms with Crippen LogP contribution in [0.1, 0.15) is 5.56 Å². The molecule has 0 N–H and O–H groups in total. The van der Waals surface area contributed by atoms with Crippen molar-refractivity contribution in [3.8, 4) is 0 Å². The molecule has 1 saturated heterocycles. The average Bonchev–Trinajstić information content (AvgIpc) is 3.06. The normalized spacial score (nSPS) is 17.5. The van der Waals surface area contributed by atoms with Gasteiger partial charge in [0, 0.05) is 40.5 Å². The van der Waals surface area contributed by atoms with Gasteiger partial charge in [-0.2, -0.15) is 0 Å². The van der Waals surface area contributed by atoms with Gasteiger partial charge in [0.2, 0.25) is 0 Å². The summed E-state index contributed by atoms with van der Waals surface area (Å²) in [6.07, 6.45) is 6.67. The van der Waals surface area contributed by atoms with Crippen molar-refractivity contribution in [1.82, 2.24) is 9.55 Å². The molecule has 6 heteroatoms. The lowest BCUT2D eigenvalue weighted by Gasteiger charge is -2.28. The lowest BCUT2D eigenvalue weighted by molar-refractivity contribution is 0.625. The molecule has 0 aliphatic carbocycles. The fraction of sp³-hybridized carbons (Fsp3) is 0.357. The first kappa shape index (κ1) is 14.6. The summed E-state index contributed by atoms with van der Waals surface area (Å²) < 4.78 is 2.29. The summed E-state index contributed by atoms with van der Waals surface area (Å²) in [7, 11) is 0. The second-order valence-corrected chi connectivity index (χ2v) is 8.81. The minimum atomic E-state index is 0.137. The van der Waals surface area contributed by atoms with Crippen LogP contribution in [0.2, 0.25) is 10.0 Å². The predicted octanol–water partition coefficient (Wildman–Crippen LogP) is 4.61. The molecule has 1 aliphatic rings. The van der Waals surface area contributed by atoms with Gasteiger partial charge in [-0.1, -0.05) is 29.3 Å². The van der Waals surface area contributed by atoms with E-state index in [4.69, 9.17) is 23.2 Å². The van der Waals surface area contributed by atoms with Crippen LogP contribution in [0.25, 0.3) is 0 Å². The van der Waals surface area contributed by atoms with Crippen LogP contribution >= 0.6 is 46.7 Å². The third-order valence-corrected chi connectivity index (χ3v) is 7.24. The Morgan fingerprint density at radius 3 is 2.70 bits per heavy atom. The smallest absolute Gasteiger partial charge is 0.0946 e. The van der Waals surface area contributed by atoms with E-state index < -0.39 is 0 Å². The van der Waals surface area contributed by atoms with Crippen LogP contribution in [0.5, 0.6) is 0 Å². The van der Waals surface area contributed by atoms with Crippen LogP contribution in [-0.2, 0) is 13.0 Å². The molecule has 2 heterocycles. The van der Waals surface area contributed by atoms with Gasteiger partial charge in [0.1, 0.15) is 0 Å². The maximum atomic E-state index is 6.33. The van der Waals surface area contributed by atoms with Crippen molar-refractivity contribution in [1.29, 1.82) is 0 Å². The monoisotopic (exact) mass is 344 g/mol. The first-order chi connectivity index (χ1) is 9.67. The van der Waals surface area contributed by atoms with Gasteiger partial charge in [0.15, 0.2) is 0 Å². The molecule has 0 atom stereocenters. The van der Waals surface area contributed by atoms with E-state index in [0.717, 1.165) is 23.6 Å². The first-order valence-electron chi connectivity index (χ1n) is 6.34. The van der Waals surface area contributed by atoms with Crippen molar-refractivity contribution in [3.63, 3.8) is 0 Å². The van der Waals surface area contributed by atoms with Crippen molar-refractivity contribution < 1.29 is 0 Å². The Morgan fingerprint density at radius 2 is 2.05 bits per heavy atom. The zero-order chi connectivity index (χ0) is 14.0. The molecule has 20 heavy (non-hydrogen) atoms. The largest absolute Gasteiger partial charge is 0.335 e. The highest BCUT2D eigenvalue weighted by molar-refractivity contribution is 8.21. The van der Waals surface area contributed by atoms with E-state index in [0.29, 0.717) is 5.02 Å². The van der Waals surface area contributed by atoms with Gasteiger partial charge in [0.25, 0.3) is 0 Å². The van der Waals surface area contributed by atoms with Crippen molar-refractivity contribution in [3.05, 3.63) is 52.5 Å². The Labute approximate surface area is 137 Å². The Morgan fingerprint density at radius 1 is 1.25 bits per heavy atom. The molecule has 0 bridgehead atoms. The Bertz CT molecular complexity index is 581. The van der Waals surface area contributed by atoms with E-state index in [-0.39, 0.29) is 4.08 Å². The lowest BCUT2D eigenvalue weighted by atomic mass is 10.1. The number of hydrogen-bond donors (Lipinski definition) is 0. The van der Waals surface area contributed by atoms with Crippen LogP contribution in [0.15, 0.2) is 36.9 Å². The molecule has 2 nitrogen and oxygen atoms in total. The minimum absolute atomic E-state index is 0.137. The molecule has 1 aliphatic heterocycles. The van der Waals surface area contributed by atoms with Crippen molar-refractivity contribution in [2.75, 3.05) is 11.5 Å². The molecule has 1 fully saturated rings. The number of thioether (sulfide) groups is 2. The highest BCUT2D eigenvalue weighted by Gasteiger charge is 2.36. The van der Waals surface area contributed by atoms with Crippen LogP contribution < -0.4 is 0 Å². The summed E-state index contributed by atoms with van der Waals surface area (Å²) >= 11 is 16.3. The standard InChI is InChI=1S/C14H14Cl2N2S2/c15-12-2-1-11(13(16)7-12)8-14(19-5-6-20-14)9-18-4-3-17-10-18/h1-4,7,10H,5-6,8-9H2. The molecule has 1 aromatic heterocycles. The topological polar surface area (TPSA) is 17.8 Å². The van der Waals surface area contributed by atoms with Gasteiger partial charge >= 0.3 is 0 Å². The summed E-state index contributed by atoms with van der Waals surface area (Å²) in [6, 6.07) is 5.78. The summed E-state index contributed by atoms with van der Waals surface area (Å²) in [6.45, 7) is 0.946. The fourth-order valence-corrected chi connectivity index (χ4v) is 6.08. The summed E-state index contributed by atoms with van der Waals surface area (Å²) in [4.78, 5) is 4.13. The van der Waals surface area contributed by atoms with Crippen LogP contribution in [0.4, 0.5) is 0 Å². The van der Waals surface area contributed by atoms with Gasteiger partial charge in [-0.25, -0.2) is 4.98 Å². The average molecular weight is 345 g/mol. The lowest BCUT2D eigenvalue weighted by Crippen LogP contribution is -2.27. The third-order valence-electron chi connectivity index (χ3n) is 3.27. The summed E-state index contributed by atoms with van der Waals surface area (Å²) in [5.41, 5.74) is 1.16. The third kappa shape index (κ3) is 3.30. The van der Waals surface area contributed by atoms with Crippen LogP contribution in [0, 0.1) is 0 Å². The molecule has 0 unspecified atom stereocenters. The van der Waals surface area contributed by atoms with E-state index in [1.807, 2.05) is 60.4 Å². The molecule has 106 valence electrons. The minimum Gasteiger partial charge on any atom is -0.335 e. The summed E-state index contributed by atoms with van der Waals surface area (Å²) in [5.74, 6) is 2.37. The number of hydrogen-bond acceptors (Lipinski definition) is 3. The van der Waals surface area contributed by atoms with Gasteiger partial charge in [-0.15, -0.1) is 23.5 Å². The first-order valence-corrected chi connectivity index (χ1v) is 9.07. The Hall–Kier alpha value is -0.290. The molecule has 2 aromatic rings. The number of halogens is 2. The quantitative estimate of drug-likeness (QED) is 0.806. The molecule has 3 rings (SSSR count). The second-order valence-electron chi connectivity index (χ2n) is 4.76. The van der Waals surface area contributed by atoms with Crippen LogP contribution in [0.3, 0.4) is 0 Å². The van der Waals surface area contributed by atoms with E-state index in [9.17, 15) is 0 Å². The van der Waals surface area contributed by atoms with E-state index in [1.165, 1.54) is 11.5 Å². The number of benzene rings is 1. The maximum Gasteiger partial charge on any atom is 0.0946 e. The van der Waals surface area contributed by atoms with E-state index in [1.54, 1.807) is 0 Å². The summed E-state index contributed by atoms with van der Waals surface area (Å²) in [5, 5.41) is 1.45. The molecule has 0 spiro atoms. The molecule has 0 saturated carbocycles. The number of aromatic nitrogens is 2. The molecular formula is C14H14Cl2N2S2. The SMILES string of the molecule is Clc1ccc(CC2(Cn3ccnc3)SCCS2)c(Cl)c1. The van der Waals surface area contributed by atoms with Gasteiger partial charge in [-0.05, 0) is 24.1 Å². The number of imidazole rings is 1. The van der Waals surface area contributed by atoms with Crippen LogP contribution in [-0.4, -0.2) is 25.1 Å².